The highest BCUT2D eigenvalue weighted by Gasteiger charge is 2.21. The molecule has 1 N–H and O–H groups in total. The monoisotopic (exact) mass is 348 g/mol. The number of carbonyl (C=O) groups is 1. The Hall–Kier alpha value is -2.81. The predicted octanol–water partition coefficient (Wildman–Crippen LogP) is 5.21. The van der Waals surface area contributed by atoms with Gasteiger partial charge < -0.3 is 9.84 Å². The Morgan fingerprint density at radius 2 is 1.62 bits per heavy atom. The van der Waals surface area contributed by atoms with Crippen molar-refractivity contribution in [3.05, 3.63) is 77.9 Å². The average Bonchev–Trinajstić information content (AvgIpc) is 2.61. The highest BCUT2D eigenvalue weighted by Crippen LogP contribution is 2.26. The molecule has 0 saturated heterocycles. The molecule has 1 atom stereocenters. The summed E-state index contributed by atoms with van der Waals surface area (Å²) in [5.41, 5.74) is 2.21. The molecule has 3 rings (SSSR count). The van der Waals surface area contributed by atoms with E-state index in [1.165, 1.54) is 5.56 Å². The Balaban J connectivity index is 1.82. The Labute approximate surface area is 154 Å². The first-order valence-corrected chi connectivity index (χ1v) is 8.81. The minimum Gasteiger partial charge on any atom is -0.478 e. The van der Waals surface area contributed by atoms with Crippen molar-refractivity contribution in [1.82, 2.24) is 0 Å². The van der Waals surface area contributed by atoms with Crippen LogP contribution < -0.4 is 4.74 Å². The van der Waals surface area contributed by atoms with Crippen LogP contribution >= 0.6 is 0 Å². The number of benzene rings is 3. The Morgan fingerprint density at radius 1 is 0.962 bits per heavy atom. The van der Waals surface area contributed by atoms with Crippen molar-refractivity contribution in [2.24, 2.45) is 0 Å². The van der Waals surface area contributed by atoms with Gasteiger partial charge in [-0.25, -0.2) is 4.79 Å². The van der Waals surface area contributed by atoms with E-state index in [1.807, 2.05) is 66.7 Å². The zero-order chi connectivity index (χ0) is 18.7. The molecule has 0 amide bonds. The number of fused-ring (bicyclic) bond motifs is 1. The SMILES string of the molecule is CC(C)(C)c1ccc(O[C@H](Cc2cccc3ccccc23)C(=O)O)cc1. The van der Waals surface area contributed by atoms with Crippen LogP contribution in [0, 0.1) is 0 Å². The first-order chi connectivity index (χ1) is 12.3. The van der Waals surface area contributed by atoms with Gasteiger partial charge in [0.1, 0.15) is 5.75 Å². The van der Waals surface area contributed by atoms with Gasteiger partial charge in [0, 0.05) is 6.42 Å². The summed E-state index contributed by atoms with van der Waals surface area (Å²) in [4.78, 5) is 11.7. The standard InChI is InChI=1S/C23H24O3/c1-23(2,3)18-11-13-19(14-12-18)26-21(22(24)25)15-17-9-6-8-16-7-4-5-10-20(16)17/h4-14,21H,15H2,1-3H3,(H,24,25)/t21-/m1/s1. The summed E-state index contributed by atoms with van der Waals surface area (Å²) in [6.07, 6.45) is -0.612. The topological polar surface area (TPSA) is 46.5 Å². The van der Waals surface area contributed by atoms with E-state index in [4.69, 9.17) is 4.74 Å². The zero-order valence-corrected chi connectivity index (χ0v) is 15.4. The van der Waals surface area contributed by atoms with Crippen molar-refractivity contribution >= 4 is 16.7 Å². The molecule has 134 valence electrons. The Bertz CT molecular complexity index is 899. The van der Waals surface area contributed by atoms with Crippen molar-refractivity contribution < 1.29 is 14.6 Å². The Kier molecular flexibility index (Phi) is 4.99. The van der Waals surface area contributed by atoms with Crippen LogP contribution in [0.2, 0.25) is 0 Å². The van der Waals surface area contributed by atoms with Crippen LogP contribution in [-0.4, -0.2) is 17.2 Å². The predicted molar refractivity (Wildman–Crippen MR) is 105 cm³/mol. The average molecular weight is 348 g/mol. The second-order valence-electron chi connectivity index (χ2n) is 7.56. The van der Waals surface area contributed by atoms with Crippen LogP contribution in [0.5, 0.6) is 5.75 Å². The first kappa shape index (κ1) is 18.0. The molecule has 0 spiro atoms. The molecule has 3 heteroatoms. The van der Waals surface area contributed by atoms with Gasteiger partial charge in [-0.1, -0.05) is 75.4 Å². The molecular formula is C23H24O3. The molecule has 3 nitrogen and oxygen atoms in total. The number of ether oxygens (including phenoxy) is 1. The lowest BCUT2D eigenvalue weighted by molar-refractivity contribution is -0.145. The highest BCUT2D eigenvalue weighted by molar-refractivity contribution is 5.86. The van der Waals surface area contributed by atoms with E-state index in [1.54, 1.807) is 0 Å². The highest BCUT2D eigenvalue weighted by atomic mass is 16.5. The molecule has 0 saturated carbocycles. The van der Waals surface area contributed by atoms with Crippen molar-refractivity contribution in [2.45, 2.75) is 38.7 Å². The van der Waals surface area contributed by atoms with Crippen LogP contribution in [0.15, 0.2) is 66.7 Å². The van der Waals surface area contributed by atoms with Crippen molar-refractivity contribution in [3.63, 3.8) is 0 Å². The van der Waals surface area contributed by atoms with Crippen LogP contribution in [0.4, 0.5) is 0 Å². The quantitative estimate of drug-likeness (QED) is 0.688. The van der Waals surface area contributed by atoms with E-state index < -0.39 is 12.1 Å². The third kappa shape index (κ3) is 4.05. The fourth-order valence-electron chi connectivity index (χ4n) is 3.05. The maximum absolute atomic E-state index is 11.7. The molecule has 0 heterocycles. The van der Waals surface area contributed by atoms with E-state index >= 15 is 0 Å². The van der Waals surface area contributed by atoms with Gasteiger partial charge in [-0.3, -0.25) is 0 Å². The number of hydrogen-bond donors (Lipinski definition) is 1. The van der Waals surface area contributed by atoms with Gasteiger partial charge in [-0.05, 0) is 39.4 Å². The van der Waals surface area contributed by atoms with Crippen LogP contribution in [0.1, 0.15) is 31.9 Å². The molecule has 3 aromatic rings. The summed E-state index contributed by atoms with van der Waals surface area (Å²) in [6.45, 7) is 6.43. The fraction of sp³-hybridized carbons (Fsp3) is 0.261. The summed E-state index contributed by atoms with van der Waals surface area (Å²) in [6, 6.07) is 21.6. The molecule has 0 aliphatic rings. The third-order valence-corrected chi connectivity index (χ3v) is 4.56. The van der Waals surface area contributed by atoms with Crippen molar-refractivity contribution in [2.75, 3.05) is 0 Å². The normalized spacial score (nSPS) is 12.7. The third-order valence-electron chi connectivity index (χ3n) is 4.56. The fourth-order valence-corrected chi connectivity index (χ4v) is 3.05. The van der Waals surface area contributed by atoms with Crippen LogP contribution in [0.3, 0.4) is 0 Å². The van der Waals surface area contributed by atoms with E-state index in [0.29, 0.717) is 12.2 Å². The summed E-state index contributed by atoms with van der Waals surface area (Å²) in [5.74, 6) is -0.386. The number of carboxylic acids is 1. The maximum atomic E-state index is 11.7. The van der Waals surface area contributed by atoms with Gasteiger partial charge >= 0.3 is 5.97 Å². The number of hydrogen-bond acceptors (Lipinski definition) is 2. The van der Waals surface area contributed by atoms with Gasteiger partial charge in [-0.2, -0.15) is 0 Å². The lowest BCUT2D eigenvalue weighted by Crippen LogP contribution is -2.29. The molecule has 0 bridgehead atoms. The molecule has 0 radical (unpaired) electrons. The zero-order valence-electron chi connectivity index (χ0n) is 15.4. The first-order valence-electron chi connectivity index (χ1n) is 8.81. The molecule has 3 aromatic carbocycles. The molecule has 0 aromatic heterocycles. The van der Waals surface area contributed by atoms with E-state index in [2.05, 4.69) is 20.8 Å². The largest absolute Gasteiger partial charge is 0.478 e. The minimum atomic E-state index is -0.960. The van der Waals surface area contributed by atoms with Crippen LogP contribution in [0.25, 0.3) is 10.8 Å². The summed E-state index contributed by atoms with van der Waals surface area (Å²) < 4.78 is 5.80. The Morgan fingerprint density at radius 3 is 2.27 bits per heavy atom. The van der Waals surface area contributed by atoms with Gasteiger partial charge in [0.25, 0.3) is 0 Å². The number of rotatable bonds is 5. The smallest absolute Gasteiger partial charge is 0.345 e. The summed E-state index contributed by atoms with van der Waals surface area (Å²) >= 11 is 0. The van der Waals surface area contributed by atoms with Gasteiger partial charge in [0.2, 0.25) is 0 Å². The molecular weight excluding hydrogens is 324 g/mol. The summed E-state index contributed by atoms with van der Waals surface area (Å²) in [5, 5.41) is 11.8. The van der Waals surface area contributed by atoms with Gasteiger partial charge in [-0.15, -0.1) is 0 Å². The number of aliphatic carboxylic acids is 1. The van der Waals surface area contributed by atoms with Gasteiger partial charge in [0.15, 0.2) is 6.10 Å². The molecule has 0 fully saturated rings. The van der Waals surface area contributed by atoms with Crippen LogP contribution in [-0.2, 0) is 16.6 Å². The van der Waals surface area contributed by atoms with Gasteiger partial charge in [0.05, 0.1) is 0 Å². The van der Waals surface area contributed by atoms with E-state index in [9.17, 15) is 9.90 Å². The summed E-state index contributed by atoms with van der Waals surface area (Å²) in [7, 11) is 0. The van der Waals surface area contributed by atoms with Crippen molar-refractivity contribution in [1.29, 1.82) is 0 Å². The lowest BCUT2D eigenvalue weighted by atomic mass is 9.87. The number of carboxylic acid groups (broad SMARTS) is 1. The van der Waals surface area contributed by atoms with E-state index in [-0.39, 0.29) is 5.41 Å². The molecule has 0 unspecified atom stereocenters. The molecule has 26 heavy (non-hydrogen) atoms. The van der Waals surface area contributed by atoms with Crippen molar-refractivity contribution in [3.8, 4) is 5.75 Å². The minimum absolute atomic E-state index is 0.0493. The molecule has 0 aliphatic heterocycles. The second-order valence-corrected chi connectivity index (χ2v) is 7.56. The lowest BCUT2D eigenvalue weighted by Gasteiger charge is -2.20. The second kappa shape index (κ2) is 7.20. The van der Waals surface area contributed by atoms with E-state index in [0.717, 1.165) is 16.3 Å². The maximum Gasteiger partial charge on any atom is 0.345 e. The molecule has 0 aliphatic carbocycles.